The highest BCUT2D eigenvalue weighted by Crippen LogP contribution is 2.35. The Bertz CT molecular complexity index is 1870. The Morgan fingerprint density at radius 2 is 1.77 bits per heavy atom. The molecule has 1 amide bonds. The number of hydrogen-bond acceptors (Lipinski definition) is 4. The Kier molecular flexibility index (Phi) is 6.07. The largest absolute Gasteiger partial charge is 0.338 e. The Balaban J connectivity index is 1.23. The van der Waals surface area contributed by atoms with E-state index in [4.69, 9.17) is 0 Å². The smallest absolute Gasteiger partial charge is 0.227 e. The number of amides is 1. The van der Waals surface area contributed by atoms with Gasteiger partial charge in [0.25, 0.3) is 0 Å². The zero-order chi connectivity index (χ0) is 27.1. The Morgan fingerprint density at radius 1 is 0.900 bits per heavy atom. The first kappa shape index (κ1) is 24.2. The highest BCUT2D eigenvalue weighted by atomic mass is 19.1. The third-order valence-corrected chi connectivity index (χ3v) is 7.83. The van der Waals surface area contributed by atoms with E-state index < -0.39 is 0 Å². The molecule has 0 aliphatic heterocycles. The van der Waals surface area contributed by atoms with Gasteiger partial charge in [-0.3, -0.25) is 14.9 Å². The lowest BCUT2D eigenvalue weighted by atomic mass is 9.88. The van der Waals surface area contributed by atoms with Crippen molar-refractivity contribution >= 4 is 33.5 Å². The summed E-state index contributed by atoms with van der Waals surface area (Å²) in [5, 5.41) is 12.5. The number of rotatable bonds is 5. The fourth-order valence-corrected chi connectivity index (χ4v) is 5.74. The van der Waals surface area contributed by atoms with E-state index in [1.807, 2.05) is 36.4 Å². The van der Waals surface area contributed by atoms with Crippen molar-refractivity contribution in [2.75, 3.05) is 5.32 Å². The molecular formula is C32H27FN6O. The van der Waals surface area contributed by atoms with Crippen molar-refractivity contribution < 1.29 is 9.18 Å². The number of nitrogens with zero attached hydrogens (tertiary/aromatic N) is 3. The molecule has 1 saturated carbocycles. The molecule has 0 saturated heterocycles. The van der Waals surface area contributed by atoms with Gasteiger partial charge in [0.1, 0.15) is 17.2 Å². The van der Waals surface area contributed by atoms with E-state index in [0.29, 0.717) is 16.9 Å². The topological polar surface area (TPSA) is 99.3 Å². The molecule has 0 radical (unpaired) electrons. The van der Waals surface area contributed by atoms with Gasteiger partial charge in [-0.25, -0.2) is 9.37 Å². The quantitative estimate of drug-likeness (QED) is 0.215. The van der Waals surface area contributed by atoms with Gasteiger partial charge in [-0.1, -0.05) is 43.5 Å². The van der Waals surface area contributed by atoms with E-state index in [0.717, 1.165) is 70.1 Å². The molecule has 1 fully saturated rings. The van der Waals surface area contributed by atoms with Gasteiger partial charge >= 0.3 is 0 Å². The van der Waals surface area contributed by atoms with Crippen LogP contribution in [0.1, 0.15) is 32.1 Å². The van der Waals surface area contributed by atoms with Gasteiger partial charge in [-0.15, -0.1) is 0 Å². The predicted molar refractivity (Wildman–Crippen MR) is 155 cm³/mol. The van der Waals surface area contributed by atoms with E-state index >= 15 is 0 Å². The van der Waals surface area contributed by atoms with Crippen LogP contribution in [0.4, 0.5) is 10.1 Å². The van der Waals surface area contributed by atoms with E-state index in [2.05, 4.69) is 36.5 Å². The molecule has 8 heteroatoms. The molecule has 1 aliphatic carbocycles. The number of aromatic amines is 2. The number of halogens is 1. The van der Waals surface area contributed by atoms with Crippen LogP contribution in [-0.4, -0.2) is 31.1 Å². The first-order chi connectivity index (χ1) is 19.6. The van der Waals surface area contributed by atoms with Crippen molar-refractivity contribution in [3.8, 4) is 33.6 Å². The zero-order valence-electron chi connectivity index (χ0n) is 21.7. The summed E-state index contributed by atoms with van der Waals surface area (Å²) in [7, 11) is 0. The molecule has 7 rings (SSSR count). The van der Waals surface area contributed by atoms with Crippen LogP contribution in [0.25, 0.3) is 55.6 Å². The number of nitrogens with one attached hydrogen (secondary N) is 3. The Labute approximate surface area is 229 Å². The number of H-pyrrole nitrogens is 2. The summed E-state index contributed by atoms with van der Waals surface area (Å²) in [6, 6.07) is 18.6. The molecule has 40 heavy (non-hydrogen) atoms. The van der Waals surface area contributed by atoms with Gasteiger partial charge in [0.2, 0.25) is 5.91 Å². The molecule has 198 valence electrons. The number of hydrogen-bond donors (Lipinski definition) is 3. The summed E-state index contributed by atoms with van der Waals surface area (Å²) >= 11 is 0. The summed E-state index contributed by atoms with van der Waals surface area (Å²) in [4.78, 5) is 25.0. The van der Waals surface area contributed by atoms with Crippen molar-refractivity contribution in [2.24, 2.45) is 5.92 Å². The minimum atomic E-state index is -0.279. The fourth-order valence-electron chi connectivity index (χ4n) is 5.74. The first-order valence-electron chi connectivity index (χ1n) is 13.6. The SMILES string of the molecule is O=C(Nc1cncc(-c2ccc3[nH]nc(-c4cc5c(-c6ccccc6F)ccnc5[nH]4)c3c2)c1)C1CCCCC1. The van der Waals surface area contributed by atoms with Crippen LogP contribution >= 0.6 is 0 Å². The number of aromatic nitrogens is 5. The van der Waals surface area contributed by atoms with E-state index in [-0.39, 0.29) is 17.6 Å². The number of fused-ring (bicyclic) bond motifs is 2. The number of carbonyl (C=O) groups is 1. The number of carbonyl (C=O) groups excluding carboxylic acids is 1. The number of anilines is 1. The van der Waals surface area contributed by atoms with Crippen LogP contribution in [0, 0.1) is 11.7 Å². The normalized spacial score (nSPS) is 14.1. The molecule has 4 aromatic heterocycles. The maximum Gasteiger partial charge on any atom is 0.227 e. The van der Waals surface area contributed by atoms with Crippen LogP contribution in [0.2, 0.25) is 0 Å². The molecule has 4 heterocycles. The van der Waals surface area contributed by atoms with Crippen LogP contribution in [0.15, 0.2) is 79.3 Å². The van der Waals surface area contributed by atoms with Gasteiger partial charge in [-0.2, -0.15) is 5.10 Å². The minimum Gasteiger partial charge on any atom is -0.338 e. The lowest BCUT2D eigenvalue weighted by Crippen LogP contribution is -2.24. The van der Waals surface area contributed by atoms with Gasteiger partial charge in [-0.05, 0) is 60.4 Å². The van der Waals surface area contributed by atoms with Gasteiger partial charge in [0, 0.05) is 40.2 Å². The second kappa shape index (κ2) is 10.0. The van der Waals surface area contributed by atoms with Crippen molar-refractivity contribution in [1.29, 1.82) is 0 Å². The van der Waals surface area contributed by atoms with Crippen molar-refractivity contribution in [2.45, 2.75) is 32.1 Å². The second-order valence-corrected chi connectivity index (χ2v) is 10.4. The second-order valence-electron chi connectivity index (χ2n) is 10.4. The summed E-state index contributed by atoms with van der Waals surface area (Å²) in [6.07, 6.45) is 10.5. The van der Waals surface area contributed by atoms with Gasteiger partial charge in [0.15, 0.2) is 0 Å². The lowest BCUT2D eigenvalue weighted by molar-refractivity contribution is -0.120. The number of pyridine rings is 2. The maximum absolute atomic E-state index is 14.6. The molecule has 0 atom stereocenters. The fraction of sp³-hybridized carbons (Fsp3) is 0.188. The Hall–Kier alpha value is -4.85. The summed E-state index contributed by atoms with van der Waals surface area (Å²) in [5.41, 5.74) is 6.91. The van der Waals surface area contributed by atoms with Crippen molar-refractivity contribution in [3.05, 3.63) is 85.1 Å². The van der Waals surface area contributed by atoms with E-state index in [1.165, 1.54) is 12.5 Å². The lowest BCUT2D eigenvalue weighted by Gasteiger charge is -2.20. The predicted octanol–water partition coefficient (Wildman–Crippen LogP) is 7.49. The average Bonchev–Trinajstić information content (AvgIpc) is 3.62. The molecule has 6 aromatic rings. The van der Waals surface area contributed by atoms with Crippen LogP contribution in [0.5, 0.6) is 0 Å². The number of benzene rings is 2. The van der Waals surface area contributed by atoms with Crippen LogP contribution in [0.3, 0.4) is 0 Å². The summed E-state index contributed by atoms with van der Waals surface area (Å²) in [5.74, 6) is -0.126. The molecule has 2 aromatic carbocycles. The maximum atomic E-state index is 14.6. The highest BCUT2D eigenvalue weighted by Gasteiger charge is 2.21. The van der Waals surface area contributed by atoms with Gasteiger partial charge < -0.3 is 10.3 Å². The highest BCUT2D eigenvalue weighted by molar-refractivity contribution is 6.01. The van der Waals surface area contributed by atoms with E-state index in [1.54, 1.807) is 30.7 Å². The van der Waals surface area contributed by atoms with Crippen LogP contribution in [-0.2, 0) is 4.79 Å². The molecular weight excluding hydrogens is 503 g/mol. The first-order valence-corrected chi connectivity index (χ1v) is 13.6. The third kappa shape index (κ3) is 4.41. The molecule has 0 unspecified atom stereocenters. The monoisotopic (exact) mass is 530 g/mol. The minimum absolute atomic E-state index is 0.0759. The van der Waals surface area contributed by atoms with E-state index in [9.17, 15) is 9.18 Å². The summed E-state index contributed by atoms with van der Waals surface area (Å²) in [6.45, 7) is 0. The van der Waals surface area contributed by atoms with Crippen molar-refractivity contribution in [1.82, 2.24) is 25.1 Å². The summed E-state index contributed by atoms with van der Waals surface area (Å²) < 4.78 is 14.6. The molecule has 7 nitrogen and oxygen atoms in total. The average molecular weight is 531 g/mol. The third-order valence-electron chi connectivity index (χ3n) is 7.83. The molecule has 3 N–H and O–H groups in total. The molecule has 1 aliphatic rings. The Morgan fingerprint density at radius 3 is 2.65 bits per heavy atom. The van der Waals surface area contributed by atoms with Crippen molar-refractivity contribution in [3.63, 3.8) is 0 Å². The molecule has 0 bridgehead atoms. The van der Waals surface area contributed by atoms with Crippen LogP contribution < -0.4 is 5.32 Å². The standard InChI is InChI=1S/C32H27FN6O/c33-27-9-5-4-8-24(27)23-12-13-35-31-25(23)16-29(37-31)30-26-15-20(10-11-28(26)38-39-30)21-14-22(18-34-17-21)36-32(40)19-6-2-1-3-7-19/h4-5,8-19H,1-3,6-7H2,(H,35,37)(H,36,40)(H,38,39). The zero-order valence-corrected chi connectivity index (χ0v) is 21.7. The molecule has 0 spiro atoms. The van der Waals surface area contributed by atoms with Gasteiger partial charge in [0.05, 0.1) is 23.1 Å².